The van der Waals surface area contributed by atoms with Crippen LogP contribution >= 0.6 is 0 Å². The summed E-state index contributed by atoms with van der Waals surface area (Å²) in [7, 11) is 0. The molecule has 0 amide bonds. The molecule has 1 N–H and O–H groups in total. The number of nitrogens with zero attached hydrogens (tertiary/aromatic N) is 1. The lowest BCUT2D eigenvalue weighted by Crippen LogP contribution is -2.08. The van der Waals surface area contributed by atoms with Crippen LogP contribution in [0.15, 0.2) is 29.3 Å². The van der Waals surface area contributed by atoms with E-state index in [0.29, 0.717) is 5.92 Å². The van der Waals surface area contributed by atoms with Crippen LogP contribution in [0.25, 0.3) is 0 Å². The zero-order valence-corrected chi connectivity index (χ0v) is 9.46. The van der Waals surface area contributed by atoms with Gasteiger partial charge < -0.3 is 5.32 Å². The van der Waals surface area contributed by atoms with Gasteiger partial charge in [0.15, 0.2) is 0 Å². The summed E-state index contributed by atoms with van der Waals surface area (Å²) < 4.78 is 0. The van der Waals surface area contributed by atoms with Crippen LogP contribution in [-0.4, -0.2) is 12.4 Å². The maximum atomic E-state index is 4.41. The van der Waals surface area contributed by atoms with E-state index >= 15 is 0 Å². The molecule has 0 bridgehead atoms. The normalized spacial score (nSPS) is 15.5. The van der Waals surface area contributed by atoms with E-state index in [2.05, 4.69) is 48.4 Å². The molecule has 0 unspecified atom stereocenters. The highest BCUT2D eigenvalue weighted by Gasteiger charge is 2.06. The van der Waals surface area contributed by atoms with Crippen molar-refractivity contribution in [3.63, 3.8) is 0 Å². The molecular weight excluding hydrogens is 184 g/mol. The molecule has 0 saturated carbocycles. The highest BCUT2D eigenvalue weighted by Crippen LogP contribution is 2.19. The number of aliphatic imine (C=N–C) groups is 1. The van der Waals surface area contributed by atoms with E-state index in [4.69, 9.17) is 0 Å². The summed E-state index contributed by atoms with van der Waals surface area (Å²) in [6.07, 6.45) is 2.28. The molecule has 0 saturated heterocycles. The first-order valence-electron chi connectivity index (χ1n) is 5.66. The molecule has 1 aliphatic heterocycles. The first-order valence-corrected chi connectivity index (χ1v) is 5.66. The SMILES string of the molecule is CC(C)c1cccc(NC2=NCCC2)c1. The molecule has 2 heteroatoms. The number of hydrogen-bond donors (Lipinski definition) is 1. The van der Waals surface area contributed by atoms with Crippen molar-refractivity contribution >= 4 is 11.5 Å². The van der Waals surface area contributed by atoms with Gasteiger partial charge in [0.05, 0.1) is 0 Å². The lowest BCUT2D eigenvalue weighted by Gasteiger charge is -2.09. The molecule has 2 rings (SSSR count). The Hall–Kier alpha value is -1.31. The molecule has 1 aromatic rings. The summed E-state index contributed by atoms with van der Waals surface area (Å²) >= 11 is 0. The van der Waals surface area contributed by atoms with Gasteiger partial charge in [-0.3, -0.25) is 4.99 Å². The fourth-order valence-electron chi connectivity index (χ4n) is 1.78. The van der Waals surface area contributed by atoms with Crippen LogP contribution in [0.5, 0.6) is 0 Å². The predicted octanol–water partition coefficient (Wildman–Crippen LogP) is 3.41. The molecule has 80 valence electrons. The summed E-state index contributed by atoms with van der Waals surface area (Å²) in [4.78, 5) is 4.41. The maximum Gasteiger partial charge on any atom is 0.101 e. The van der Waals surface area contributed by atoms with E-state index < -0.39 is 0 Å². The zero-order valence-electron chi connectivity index (χ0n) is 9.46. The minimum atomic E-state index is 0.581. The van der Waals surface area contributed by atoms with Gasteiger partial charge in [0, 0.05) is 18.7 Å². The number of hydrogen-bond acceptors (Lipinski definition) is 2. The van der Waals surface area contributed by atoms with Gasteiger partial charge in [-0.25, -0.2) is 0 Å². The molecule has 1 aliphatic rings. The van der Waals surface area contributed by atoms with E-state index in [1.54, 1.807) is 0 Å². The third-order valence-electron chi connectivity index (χ3n) is 2.72. The van der Waals surface area contributed by atoms with Gasteiger partial charge in [-0.15, -0.1) is 0 Å². The monoisotopic (exact) mass is 202 g/mol. The maximum absolute atomic E-state index is 4.41. The van der Waals surface area contributed by atoms with Gasteiger partial charge in [-0.1, -0.05) is 26.0 Å². The molecule has 2 nitrogen and oxygen atoms in total. The Kier molecular flexibility index (Phi) is 3.05. The van der Waals surface area contributed by atoms with E-state index in [9.17, 15) is 0 Å². The van der Waals surface area contributed by atoms with Gasteiger partial charge in [0.1, 0.15) is 5.84 Å². The fraction of sp³-hybridized carbons (Fsp3) is 0.462. The molecule has 0 aliphatic carbocycles. The van der Waals surface area contributed by atoms with Crippen molar-refractivity contribution in [2.75, 3.05) is 11.9 Å². The molecule has 0 radical (unpaired) electrons. The predicted molar refractivity (Wildman–Crippen MR) is 65.7 cm³/mol. The summed E-state index contributed by atoms with van der Waals surface area (Å²) in [5.41, 5.74) is 2.54. The fourth-order valence-corrected chi connectivity index (χ4v) is 1.78. The van der Waals surface area contributed by atoms with Crippen LogP contribution in [-0.2, 0) is 0 Å². The Labute approximate surface area is 91.4 Å². The van der Waals surface area contributed by atoms with Gasteiger partial charge in [0.25, 0.3) is 0 Å². The topological polar surface area (TPSA) is 24.4 Å². The standard InChI is InChI=1S/C13H18N2/c1-10(2)11-5-3-6-12(9-11)15-13-7-4-8-14-13/h3,5-6,9-10H,4,7-8H2,1-2H3,(H,14,15). The van der Waals surface area contributed by atoms with Crippen LogP contribution < -0.4 is 5.32 Å². The number of nitrogens with one attached hydrogen (secondary N) is 1. The summed E-state index contributed by atoms with van der Waals surface area (Å²) in [6, 6.07) is 8.59. The Morgan fingerprint density at radius 2 is 2.20 bits per heavy atom. The van der Waals surface area contributed by atoms with Crippen molar-refractivity contribution in [2.24, 2.45) is 4.99 Å². The second kappa shape index (κ2) is 4.47. The molecule has 1 heterocycles. The largest absolute Gasteiger partial charge is 0.344 e. The molecule has 0 atom stereocenters. The van der Waals surface area contributed by atoms with E-state index in [1.807, 2.05) is 0 Å². The van der Waals surface area contributed by atoms with Crippen LogP contribution in [0.2, 0.25) is 0 Å². The quantitative estimate of drug-likeness (QED) is 0.780. The van der Waals surface area contributed by atoms with Gasteiger partial charge in [-0.05, 0) is 30.0 Å². The van der Waals surface area contributed by atoms with Crippen molar-refractivity contribution in [3.05, 3.63) is 29.8 Å². The Bertz CT molecular complexity index is 367. The average Bonchev–Trinajstić information content (AvgIpc) is 2.71. The summed E-state index contributed by atoms with van der Waals surface area (Å²) in [6.45, 7) is 5.41. The minimum absolute atomic E-state index is 0.581. The van der Waals surface area contributed by atoms with E-state index in [-0.39, 0.29) is 0 Å². The lowest BCUT2D eigenvalue weighted by molar-refractivity contribution is 0.867. The molecule has 0 fully saturated rings. The van der Waals surface area contributed by atoms with E-state index in [1.165, 1.54) is 17.7 Å². The minimum Gasteiger partial charge on any atom is -0.344 e. The number of benzene rings is 1. The van der Waals surface area contributed by atoms with Crippen LogP contribution in [0.4, 0.5) is 5.69 Å². The summed E-state index contributed by atoms with van der Waals surface area (Å²) in [5.74, 6) is 1.72. The van der Waals surface area contributed by atoms with Gasteiger partial charge in [0.2, 0.25) is 0 Å². The van der Waals surface area contributed by atoms with Crippen LogP contribution in [0.1, 0.15) is 38.2 Å². The highest BCUT2D eigenvalue weighted by atomic mass is 15.0. The van der Waals surface area contributed by atoms with Crippen molar-refractivity contribution in [3.8, 4) is 0 Å². The highest BCUT2D eigenvalue weighted by molar-refractivity contribution is 5.96. The zero-order chi connectivity index (χ0) is 10.7. The summed E-state index contributed by atoms with van der Waals surface area (Å²) in [5, 5.41) is 3.39. The molecular formula is C13H18N2. The second-order valence-corrected chi connectivity index (χ2v) is 4.34. The Morgan fingerprint density at radius 1 is 1.33 bits per heavy atom. The second-order valence-electron chi connectivity index (χ2n) is 4.34. The van der Waals surface area contributed by atoms with Crippen LogP contribution in [0.3, 0.4) is 0 Å². The number of rotatable bonds is 2. The van der Waals surface area contributed by atoms with Crippen molar-refractivity contribution in [1.29, 1.82) is 0 Å². The molecule has 1 aromatic carbocycles. The average molecular weight is 202 g/mol. The Morgan fingerprint density at radius 3 is 2.87 bits per heavy atom. The third-order valence-corrected chi connectivity index (χ3v) is 2.72. The first kappa shape index (κ1) is 10.2. The van der Waals surface area contributed by atoms with Crippen LogP contribution in [0, 0.1) is 0 Å². The number of anilines is 1. The lowest BCUT2D eigenvalue weighted by atomic mass is 10.0. The molecule has 0 spiro atoms. The Balaban J connectivity index is 2.11. The first-order chi connectivity index (χ1) is 7.25. The van der Waals surface area contributed by atoms with Crippen molar-refractivity contribution in [1.82, 2.24) is 0 Å². The third kappa shape index (κ3) is 2.58. The van der Waals surface area contributed by atoms with E-state index in [0.717, 1.165) is 18.8 Å². The smallest absolute Gasteiger partial charge is 0.101 e. The van der Waals surface area contributed by atoms with Gasteiger partial charge >= 0.3 is 0 Å². The molecule has 0 aromatic heterocycles. The molecule has 15 heavy (non-hydrogen) atoms. The van der Waals surface area contributed by atoms with Gasteiger partial charge in [-0.2, -0.15) is 0 Å². The number of amidine groups is 1. The van der Waals surface area contributed by atoms with Crippen molar-refractivity contribution < 1.29 is 0 Å². The van der Waals surface area contributed by atoms with Crippen molar-refractivity contribution in [2.45, 2.75) is 32.6 Å².